The third kappa shape index (κ3) is 2.43. The summed E-state index contributed by atoms with van der Waals surface area (Å²) in [4.78, 5) is 17.7. The predicted octanol–water partition coefficient (Wildman–Crippen LogP) is 4.20. The van der Waals surface area contributed by atoms with E-state index in [1.165, 1.54) is 0 Å². The molecule has 0 bridgehead atoms. The standard InChI is InChI=1S/C15H13BrN2OS/c1-9-5-11(6-10(2)14(9)16)13(19)7-12-8-18-3-4-20-15(18)17-12/h3-6,8H,7H2,1-2H3. The maximum Gasteiger partial charge on any atom is 0.193 e. The fraction of sp³-hybridized carbons (Fsp3) is 0.200. The zero-order valence-corrected chi connectivity index (χ0v) is 13.6. The lowest BCUT2D eigenvalue weighted by molar-refractivity contribution is 0.0992. The molecule has 5 heteroatoms. The lowest BCUT2D eigenvalue weighted by Crippen LogP contribution is -2.05. The highest BCUT2D eigenvalue weighted by Gasteiger charge is 2.12. The first kappa shape index (κ1) is 13.5. The Kier molecular flexibility index (Phi) is 3.48. The number of carbonyl (C=O) groups is 1. The van der Waals surface area contributed by atoms with E-state index in [1.807, 2.05) is 48.2 Å². The number of carbonyl (C=O) groups excluding carboxylic acids is 1. The molecule has 0 unspecified atom stereocenters. The number of hydrogen-bond donors (Lipinski definition) is 0. The number of fused-ring (bicyclic) bond motifs is 1. The van der Waals surface area contributed by atoms with Crippen LogP contribution in [-0.4, -0.2) is 15.2 Å². The molecule has 3 aromatic rings. The number of rotatable bonds is 3. The fourth-order valence-corrected chi connectivity index (χ4v) is 3.18. The van der Waals surface area contributed by atoms with Gasteiger partial charge in [0, 0.05) is 27.8 Å². The molecular weight excluding hydrogens is 336 g/mol. The average Bonchev–Trinajstić information content (AvgIpc) is 2.96. The molecule has 0 radical (unpaired) electrons. The van der Waals surface area contributed by atoms with Gasteiger partial charge >= 0.3 is 0 Å². The van der Waals surface area contributed by atoms with Crippen molar-refractivity contribution in [3.05, 3.63) is 56.8 Å². The fourth-order valence-electron chi connectivity index (χ4n) is 2.23. The second-order valence-electron chi connectivity index (χ2n) is 4.85. The van der Waals surface area contributed by atoms with Crippen LogP contribution in [0.2, 0.25) is 0 Å². The molecule has 0 aliphatic heterocycles. The number of aromatic nitrogens is 2. The van der Waals surface area contributed by atoms with Gasteiger partial charge in [-0.25, -0.2) is 4.98 Å². The van der Waals surface area contributed by atoms with Crippen LogP contribution >= 0.6 is 27.3 Å². The zero-order chi connectivity index (χ0) is 14.3. The van der Waals surface area contributed by atoms with Crippen LogP contribution in [0.15, 0.2) is 34.4 Å². The number of hydrogen-bond acceptors (Lipinski definition) is 3. The van der Waals surface area contributed by atoms with Gasteiger partial charge in [0.2, 0.25) is 0 Å². The first-order valence-corrected chi connectivity index (χ1v) is 7.93. The molecule has 0 fully saturated rings. The Hall–Kier alpha value is -1.46. The minimum Gasteiger partial charge on any atom is -0.297 e. The molecule has 3 rings (SSSR count). The molecule has 0 saturated heterocycles. The molecule has 20 heavy (non-hydrogen) atoms. The molecule has 3 nitrogen and oxygen atoms in total. The van der Waals surface area contributed by atoms with E-state index in [4.69, 9.17) is 0 Å². The third-order valence-electron chi connectivity index (χ3n) is 3.24. The number of benzene rings is 1. The topological polar surface area (TPSA) is 34.4 Å². The zero-order valence-electron chi connectivity index (χ0n) is 11.2. The highest BCUT2D eigenvalue weighted by atomic mass is 79.9. The van der Waals surface area contributed by atoms with Crippen molar-refractivity contribution in [2.75, 3.05) is 0 Å². The maximum absolute atomic E-state index is 12.4. The smallest absolute Gasteiger partial charge is 0.193 e. The van der Waals surface area contributed by atoms with E-state index in [0.717, 1.165) is 31.8 Å². The van der Waals surface area contributed by atoms with Gasteiger partial charge in [-0.3, -0.25) is 9.20 Å². The third-order valence-corrected chi connectivity index (χ3v) is 5.26. The number of Topliss-reactive ketones (excluding diaryl/α,β-unsaturated/α-hetero) is 1. The van der Waals surface area contributed by atoms with E-state index in [9.17, 15) is 4.79 Å². The van der Waals surface area contributed by atoms with Crippen LogP contribution in [0.5, 0.6) is 0 Å². The van der Waals surface area contributed by atoms with Crippen molar-refractivity contribution in [3.8, 4) is 0 Å². The molecule has 0 atom stereocenters. The Bertz CT molecular complexity index is 752. The van der Waals surface area contributed by atoms with Crippen LogP contribution in [0.4, 0.5) is 0 Å². The summed E-state index contributed by atoms with van der Waals surface area (Å²) in [6.45, 7) is 4.00. The van der Waals surface area contributed by atoms with Gasteiger partial charge in [0.15, 0.2) is 10.7 Å². The first-order valence-electron chi connectivity index (χ1n) is 6.25. The lowest BCUT2D eigenvalue weighted by Gasteiger charge is -2.06. The summed E-state index contributed by atoms with van der Waals surface area (Å²) in [5.74, 6) is 0.106. The number of halogens is 1. The summed E-state index contributed by atoms with van der Waals surface area (Å²) in [7, 11) is 0. The quantitative estimate of drug-likeness (QED) is 0.664. The minimum absolute atomic E-state index is 0.106. The molecule has 0 aliphatic rings. The second kappa shape index (κ2) is 5.14. The molecule has 0 N–H and O–H groups in total. The molecule has 1 aromatic carbocycles. The van der Waals surface area contributed by atoms with Crippen LogP contribution in [-0.2, 0) is 6.42 Å². The Morgan fingerprint density at radius 2 is 2.05 bits per heavy atom. The van der Waals surface area contributed by atoms with Gasteiger partial charge in [0.1, 0.15) is 0 Å². The molecule has 0 saturated carbocycles. The van der Waals surface area contributed by atoms with Crippen molar-refractivity contribution in [1.29, 1.82) is 0 Å². The molecule has 0 aliphatic carbocycles. The van der Waals surface area contributed by atoms with E-state index < -0.39 is 0 Å². The highest BCUT2D eigenvalue weighted by Crippen LogP contribution is 2.23. The van der Waals surface area contributed by atoms with Gasteiger partial charge in [-0.15, -0.1) is 11.3 Å². The number of ketones is 1. The Morgan fingerprint density at radius 1 is 1.35 bits per heavy atom. The van der Waals surface area contributed by atoms with Crippen molar-refractivity contribution >= 4 is 38.0 Å². The summed E-state index contributed by atoms with van der Waals surface area (Å²) < 4.78 is 3.02. The number of aryl methyl sites for hydroxylation is 2. The van der Waals surface area contributed by atoms with E-state index in [2.05, 4.69) is 20.9 Å². The predicted molar refractivity (Wildman–Crippen MR) is 84.7 cm³/mol. The summed E-state index contributed by atoms with van der Waals surface area (Å²) in [6.07, 6.45) is 4.21. The van der Waals surface area contributed by atoms with Gasteiger partial charge in [0.25, 0.3) is 0 Å². The van der Waals surface area contributed by atoms with Crippen molar-refractivity contribution in [2.24, 2.45) is 0 Å². The Labute approximate surface area is 129 Å². The Balaban J connectivity index is 1.87. The van der Waals surface area contributed by atoms with Crippen LogP contribution in [0.1, 0.15) is 27.2 Å². The molecular formula is C15H13BrN2OS. The SMILES string of the molecule is Cc1cc(C(=O)Cc2cn3ccsc3n2)cc(C)c1Br. The molecule has 102 valence electrons. The van der Waals surface area contributed by atoms with Crippen molar-refractivity contribution in [1.82, 2.24) is 9.38 Å². The van der Waals surface area contributed by atoms with Crippen molar-refractivity contribution in [2.45, 2.75) is 20.3 Å². The maximum atomic E-state index is 12.4. The van der Waals surface area contributed by atoms with Gasteiger partial charge in [-0.05, 0) is 37.1 Å². The first-order chi connectivity index (χ1) is 9.54. The normalized spacial score (nSPS) is 11.2. The summed E-state index contributed by atoms with van der Waals surface area (Å²) in [5.41, 5.74) is 3.73. The van der Waals surface area contributed by atoms with Crippen LogP contribution < -0.4 is 0 Å². The Morgan fingerprint density at radius 3 is 2.70 bits per heavy atom. The molecule has 2 aromatic heterocycles. The largest absolute Gasteiger partial charge is 0.297 e. The van der Waals surface area contributed by atoms with E-state index in [1.54, 1.807) is 11.3 Å². The van der Waals surface area contributed by atoms with Gasteiger partial charge in [0.05, 0.1) is 12.1 Å². The summed E-state index contributed by atoms with van der Waals surface area (Å²) in [6, 6.07) is 3.86. The van der Waals surface area contributed by atoms with Gasteiger partial charge in [-0.2, -0.15) is 0 Å². The summed E-state index contributed by atoms with van der Waals surface area (Å²) in [5, 5.41) is 1.98. The van der Waals surface area contributed by atoms with E-state index >= 15 is 0 Å². The highest BCUT2D eigenvalue weighted by molar-refractivity contribution is 9.10. The van der Waals surface area contributed by atoms with Gasteiger partial charge < -0.3 is 0 Å². The van der Waals surface area contributed by atoms with Crippen molar-refractivity contribution in [3.63, 3.8) is 0 Å². The molecule has 0 spiro atoms. The monoisotopic (exact) mass is 348 g/mol. The van der Waals surface area contributed by atoms with Gasteiger partial charge in [-0.1, -0.05) is 15.9 Å². The average molecular weight is 349 g/mol. The van der Waals surface area contributed by atoms with Crippen LogP contribution in [0.25, 0.3) is 4.96 Å². The molecule has 0 amide bonds. The second-order valence-corrected chi connectivity index (χ2v) is 6.52. The van der Waals surface area contributed by atoms with Crippen LogP contribution in [0, 0.1) is 13.8 Å². The number of thiazole rings is 1. The van der Waals surface area contributed by atoms with E-state index in [-0.39, 0.29) is 5.78 Å². The number of nitrogens with zero attached hydrogens (tertiary/aromatic N) is 2. The van der Waals surface area contributed by atoms with E-state index in [0.29, 0.717) is 6.42 Å². The lowest BCUT2D eigenvalue weighted by atomic mass is 10.0. The van der Waals surface area contributed by atoms with Crippen molar-refractivity contribution < 1.29 is 4.79 Å². The summed E-state index contributed by atoms with van der Waals surface area (Å²) >= 11 is 5.09. The van der Waals surface area contributed by atoms with Crippen LogP contribution in [0.3, 0.4) is 0 Å². The minimum atomic E-state index is 0.106. The molecule has 2 heterocycles. The number of imidazole rings is 1.